The molecule has 0 aromatic heterocycles. The van der Waals surface area contributed by atoms with Crippen LogP contribution >= 0.6 is 0 Å². The molecule has 0 fully saturated rings. The summed E-state index contributed by atoms with van der Waals surface area (Å²) in [4.78, 5) is 10.0. The van der Waals surface area contributed by atoms with Crippen LogP contribution in [0, 0.1) is 44.1 Å². The van der Waals surface area contributed by atoms with Gasteiger partial charge in [-0.3, -0.25) is 10.1 Å². The Balaban J connectivity index is 3.36. The maximum Gasteiger partial charge on any atom is 0.488 e. The maximum atomic E-state index is 10.8. The number of rotatable bonds is 4. The molecule has 1 rings (SSSR count). The summed E-state index contributed by atoms with van der Waals surface area (Å²) in [5.74, 6) is 0. The normalized spacial score (nSPS) is 8.71. The largest absolute Gasteiger partial charge is 0.488 e. The number of hydrogen-bond acceptors (Lipinski definition) is 8. The summed E-state index contributed by atoms with van der Waals surface area (Å²) in [6.45, 7) is 0. The van der Waals surface area contributed by atoms with Crippen molar-refractivity contribution in [3.63, 3.8) is 0 Å². The molecule has 0 spiro atoms. The molecule has 0 unspecified atom stereocenters. The van der Waals surface area contributed by atoms with Crippen LogP contribution in [-0.2, 0) is 0 Å². The number of nitrogens with zero attached hydrogens (tertiary/aromatic N) is 4. The molecule has 3 N–H and O–H groups in total. The summed E-state index contributed by atoms with van der Waals surface area (Å²) in [5, 5.41) is 57.5. The van der Waals surface area contributed by atoms with Crippen molar-refractivity contribution in [1.82, 2.24) is 0 Å². The summed E-state index contributed by atoms with van der Waals surface area (Å²) in [6.07, 6.45) is 0. The molecule has 0 saturated carbocycles. The summed E-state index contributed by atoms with van der Waals surface area (Å²) in [5.41, 5.74) is -1.57. The highest BCUT2D eigenvalue weighted by molar-refractivity contribution is 6.58. The number of nitriles is 3. The van der Waals surface area contributed by atoms with E-state index in [1.165, 1.54) is 12.1 Å². The SMILES string of the molecule is N#CC(C#N)=C(C#N)Nc1cc(B(O)O)cc([N+](=O)[O-])c1. The number of nitro benzene ring substituents is 1. The summed E-state index contributed by atoms with van der Waals surface area (Å²) in [6, 6.07) is 7.68. The topological polar surface area (TPSA) is 167 Å². The molecule has 0 radical (unpaired) electrons. The van der Waals surface area contributed by atoms with Gasteiger partial charge in [0.2, 0.25) is 0 Å². The highest BCUT2D eigenvalue weighted by Crippen LogP contribution is 2.18. The third-order valence-electron chi connectivity index (χ3n) is 2.30. The van der Waals surface area contributed by atoms with Crippen molar-refractivity contribution in [3.8, 4) is 18.2 Å². The minimum absolute atomic E-state index is 0.0353. The van der Waals surface area contributed by atoms with Crippen LogP contribution < -0.4 is 10.8 Å². The lowest BCUT2D eigenvalue weighted by molar-refractivity contribution is -0.384. The highest BCUT2D eigenvalue weighted by Gasteiger charge is 2.18. The zero-order valence-corrected chi connectivity index (χ0v) is 10.3. The first-order valence-electron chi connectivity index (χ1n) is 5.30. The second kappa shape index (κ2) is 6.69. The van der Waals surface area contributed by atoms with E-state index in [1.807, 2.05) is 0 Å². The van der Waals surface area contributed by atoms with E-state index in [2.05, 4.69) is 5.32 Å². The zero-order chi connectivity index (χ0) is 16.0. The third kappa shape index (κ3) is 3.79. The zero-order valence-electron chi connectivity index (χ0n) is 10.3. The summed E-state index contributed by atoms with van der Waals surface area (Å²) < 4.78 is 0. The Bertz CT molecular complexity index is 722. The monoisotopic (exact) mass is 283 g/mol. The molecule has 0 aliphatic rings. The van der Waals surface area contributed by atoms with Crippen molar-refractivity contribution in [3.05, 3.63) is 39.6 Å². The van der Waals surface area contributed by atoms with E-state index in [-0.39, 0.29) is 11.2 Å². The first-order valence-corrected chi connectivity index (χ1v) is 5.30. The van der Waals surface area contributed by atoms with E-state index in [9.17, 15) is 10.1 Å². The fourth-order valence-electron chi connectivity index (χ4n) is 1.39. The molecule has 10 heteroatoms. The minimum Gasteiger partial charge on any atom is -0.423 e. The Kier molecular flexibility index (Phi) is 4.99. The van der Waals surface area contributed by atoms with Gasteiger partial charge in [0.05, 0.1) is 4.92 Å². The predicted octanol–water partition coefficient (Wildman–Crippen LogP) is -0.489. The predicted molar refractivity (Wildman–Crippen MR) is 70.4 cm³/mol. The molecule has 0 bridgehead atoms. The Morgan fingerprint density at radius 2 is 1.81 bits per heavy atom. The van der Waals surface area contributed by atoms with Gasteiger partial charge in [-0.25, -0.2) is 0 Å². The molecule has 0 atom stereocenters. The first kappa shape index (κ1) is 15.7. The number of hydrogen-bond donors (Lipinski definition) is 3. The second-order valence-electron chi connectivity index (χ2n) is 3.65. The second-order valence-corrected chi connectivity index (χ2v) is 3.65. The standard InChI is InChI=1S/C11H6BN5O4/c13-4-7(5-14)11(6-15)16-9-1-8(12(18)19)2-10(3-9)17(20)21/h1-3,16,18-19H. The van der Waals surface area contributed by atoms with Gasteiger partial charge < -0.3 is 15.4 Å². The molecule has 0 aliphatic carbocycles. The van der Waals surface area contributed by atoms with Crippen molar-refractivity contribution >= 4 is 24.0 Å². The van der Waals surface area contributed by atoms with Crippen LogP contribution in [0.2, 0.25) is 0 Å². The van der Waals surface area contributed by atoms with Crippen molar-refractivity contribution in [1.29, 1.82) is 15.8 Å². The van der Waals surface area contributed by atoms with E-state index in [4.69, 9.17) is 25.8 Å². The van der Waals surface area contributed by atoms with Crippen molar-refractivity contribution in [2.45, 2.75) is 0 Å². The molecule has 1 aromatic rings. The molecular formula is C11H6BN5O4. The minimum atomic E-state index is -1.95. The number of anilines is 1. The van der Waals surface area contributed by atoms with Gasteiger partial charge in [-0.2, -0.15) is 15.8 Å². The van der Waals surface area contributed by atoms with Crippen molar-refractivity contribution < 1.29 is 15.0 Å². The lowest BCUT2D eigenvalue weighted by atomic mass is 9.80. The molecule has 102 valence electrons. The maximum absolute atomic E-state index is 10.8. The Labute approximate surface area is 118 Å². The average molecular weight is 283 g/mol. The molecular weight excluding hydrogens is 277 g/mol. The quantitative estimate of drug-likeness (QED) is 0.288. The van der Waals surface area contributed by atoms with E-state index >= 15 is 0 Å². The summed E-state index contributed by atoms with van der Waals surface area (Å²) in [7, 11) is -1.95. The van der Waals surface area contributed by atoms with Crippen molar-refractivity contribution in [2.75, 3.05) is 5.32 Å². The summed E-state index contributed by atoms with van der Waals surface area (Å²) >= 11 is 0. The van der Waals surface area contributed by atoms with E-state index < -0.39 is 29.0 Å². The molecule has 0 aliphatic heterocycles. The van der Waals surface area contributed by atoms with Crippen LogP contribution in [0.15, 0.2) is 29.5 Å². The van der Waals surface area contributed by atoms with Gasteiger partial charge in [-0.05, 0) is 11.5 Å². The van der Waals surface area contributed by atoms with Crippen LogP contribution in [0.25, 0.3) is 0 Å². The lowest BCUT2D eigenvalue weighted by Crippen LogP contribution is -2.30. The Morgan fingerprint density at radius 1 is 1.19 bits per heavy atom. The van der Waals surface area contributed by atoms with Crippen LogP contribution in [0.4, 0.5) is 11.4 Å². The van der Waals surface area contributed by atoms with Gasteiger partial charge in [0.1, 0.15) is 23.9 Å². The van der Waals surface area contributed by atoms with E-state index in [1.54, 1.807) is 6.07 Å². The fraction of sp³-hybridized carbons (Fsp3) is 0. The smallest absolute Gasteiger partial charge is 0.423 e. The highest BCUT2D eigenvalue weighted by atomic mass is 16.6. The van der Waals surface area contributed by atoms with Gasteiger partial charge in [-0.15, -0.1) is 0 Å². The van der Waals surface area contributed by atoms with Crippen LogP contribution in [0.3, 0.4) is 0 Å². The van der Waals surface area contributed by atoms with Crippen LogP contribution in [-0.4, -0.2) is 22.1 Å². The molecule has 0 heterocycles. The Morgan fingerprint density at radius 3 is 2.24 bits per heavy atom. The van der Waals surface area contributed by atoms with Crippen LogP contribution in [0.5, 0.6) is 0 Å². The molecule has 1 aromatic carbocycles. The fourth-order valence-corrected chi connectivity index (χ4v) is 1.39. The number of benzene rings is 1. The Hall–Kier alpha value is -3.39. The van der Waals surface area contributed by atoms with Crippen molar-refractivity contribution in [2.24, 2.45) is 0 Å². The van der Waals surface area contributed by atoms with Crippen LogP contribution in [0.1, 0.15) is 0 Å². The van der Waals surface area contributed by atoms with Gasteiger partial charge in [-0.1, -0.05) is 0 Å². The molecule has 21 heavy (non-hydrogen) atoms. The third-order valence-corrected chi connectivity index (χ3v) is 2.30. The van der Waals surface area contributed by atoms with Gasteiger partial charge >= 0.3 is 7.12 Å². The van der Waals surface area contributed by atoms with Gasteiger partial charge in [0.15, 0.2) is 5.57 Å². The first-order chi connectivity index (χ1) is 9.92. The molecule has 9 nitrogen and oxygen atoms in total. The van der Waals surface area contributed by atoms with Gasteiger partial charge in [0, 0.05) is 17.8 Å². The van der Waals surface area contributed by atoms with Gasteiger partial charge in [0.25, 0.3) is 5.69 Å². The molecule has 0 amide bonds. The number of nitrogens with one attached hydrogen (secondary N) is 1. The lowest BCUT2D eigenvalue weighted by Gasteiger charge is -2.07. The number of allylic oxidation sites excluding steroid dienone is 2. The number of non-ortho nitro benzene ring substituents is 1. The molecule has 0 saturated heterocycles. The van der Waals surface area contributed by atoms with E-state index in [0.717, 1.165) is 18.2 Å². The number of nitro groups is 1. The van der Waals surface area contributed by atoms with E-state index in [0.29, 0.717) is 0 Å². The average Bonchev–Trinajstić information content (AvgIpc) is 2.46.